The van der Waals surface area contributed by atoms with Crippen molar-refractivity contribution >= 4 is 34.5 Å². The largest absolute Gasteiger partial charge is 0.377 e. The first kappa shape index (κ1) is 23.5. The minimum Gasteiger partial charge on any atom is -0.377 e. The Bertz CT molecular complexity index is 1070. The summed E-state index contributed by atoms with van der Waals surface area (Å²) in [5.74, 6) is -0.692. The molecular formula is C25H28FN3O2S. The maximum Gasteiger partial charge on any atom is 0.265 e. The van der Waals surface area contributed by atoms with Gasteiger partial charge in [0, 0.05) is 43.6 Å². The third-order valence-electron chi connectivity index (χ3n) is 5.38. The highest BCUT2D eigenvalue weighted by Gasteiger charge is 2.23. The zero-order valence-electron chi connectivity index (χ0n) is 18.8. The Hall–Kier alpha value is -3.19. The standard InChI is InChI=1S/C25H28FN3O2S/c1-5-17(2)29(25(31)18-8-10-20(26)11-9-18)16-19-15-21(12-13-22(19)28(3)4)27-24(30)23-7-6-14-32-23/h6-15,17H,5,16H2,1-4H3,(H,27,30). The smallest absolute Gasteiger partial charge is 0.265 e. The van der Waals surface area contributed by atoms with Crippen molar-refractivity contribution in [2.75, 3.05) is 24.3 Å². The molecule has 0 fully saturated rings. The van der Waals surface area contributed by atoms with Crippen molar-refractivity contribution in [1.82, 2.24) is 4.90 Å². The van der Waals surface area contributed by atoms with Crippen LogP contribution in [0.1, 0.15) is 45.9 Å². The van der Waals surface area contributed by atoms with Crippen LogP contribution < -0.4 is 10.2 Å². The van der Waals surface area contributed by atoms with Gasteiger partial charge in [0.1, 0.15) is 5.82 Å². The number of hydrogen-bond acceptors (Lipinski definition) is 4. The van der Waals surface area contributed by atoms with Crippen molar-refractivity contribution in [1.29, 1.82) is 0 Å². The van der Waals surface area contributed by atoms with Crippen molar-refractivity contribution in [2.24, 2.45) is 0 Å². The van der Waals surface area contributed by atoms with Gasteiger partial charge >= 0.3 is 0 Å². The van der Waals surface area contributed by atoms with E-state index in [4.69, 9.17) is 0 Å². The number of benzene rings is 2. The summed E-state index contributed by atoms with van der Waals surface area (Å²) in [7, 11) is 3.89. The lowest BCUT2D eigenvalue weighted by Crippen LogP contribution is -2.38. The minimum atomic E-state index is -0.374. The van der Waals surface area contributed by atoms with Gasteiger partial charge in [0.05, 0.1) is 4.88 Å². The summed E-state index contributed by atoms with van der Waals surface area (Å²) in [5, 5.41) is 4.80. The number of carbonyl (C=O) groups is 2. The van der Waals surface area contributed by atoms with Crippen molar-refractivity contribution in [3.8, 4) is 0 Å². The van der Waals surface area contributed by atoms with E-state index in [0.717, 1.165) is 17.7 Å². The lowest BCUT2D eigenvalue weighted by atomic mass is 10.1. The van der Waals surface area contributed by atoms with Gasteiger partial charge in [-0.3, -0.25) is 9.59 Å². The van der Waals surface area contributed by atoms with E-state index < -0.39 is 0 Å². The first-order valence-corrected chi connectivity index (χ1v) is 11.4. The molecule has 3 aromatic rings. The minimum absolute atomic E-state index is 0.0214. The molecule has 0 aliphatic rings. The Labute approximate surface area is 192 Å². The van der Waals surface area contributed by atoms with Crippen molar-refractivity contribution in [3.63, 3.8) is 0 Å². The molecule has 0 aliphatic carbocycles. The predicted molar refractivity (Wildman–Crippen MR) is 129 cm³/mol. The van der Waals surface area contributed by atoms with E-state index in [2.05, 4.69) is 5.32 Å². The van der Waals surface area contributed by atoms with Crippen molar-refractivity contribution in [2.45, 2.75) is 32.9 Å². The Morgan fingerprint density at radius 2 is 1.81 bits per heavy atom. The van der Waals surface area contributed by atoms with Gasteiger partial charge in [0.2, 0.25) is 0 Å². The number of thiophene rings is 1. The highest BCUT2D eigenvalue weighted by Crippen LogP contribution is 2.27. The number of rotatable bonds is 8. The van der Waals surface area contributed by atoms with E-state index in [1.165, 1.54) is 35.6 Å². The maximum atomic E-state index is 13.4. The summed E-state index contributed by atoms with van der Waals surface area (Å²) in [4.78, 5) is 30.2. The van der Waals surface area contributed by atoms with E-state index in [1.54, 1.807) is 11.0 Å². The fraction of sp³-hybridized carbons (Fsp3) is 0.280. The SMILES string of the molecule is CCC(C)N(Cc1cc(NC(=O)c2cccs2)ccc1N(C)C)C(=O)c1ccc(F)cc1. The van der Waals surface area contributed by atoms with E-state index in [0.29, 0.717) is 22.7 Å². The van der Waals surface area contributed by atoms with Gasteiger partial charge < -0.3 is 15.1 Å². The number of carbonyl (C=O) groups excluding carboxylic acids is 2. The zero-order chi connectivity index (χ0) is 23.3. The molecule has 7 heteroatoms. The fourth-order valence-electron chi connectivity index (χ4n) is 3.42. The van der Waals surface area contributed by atoms with Crippen LogP contribution >= 0.6 is 11.3 Å². The summed E-state index contributed by atoms with van der Waals surface area (Å²) in [5.41, 5.74) is 2.98. The van der Waals surface area contributed by atoms with E-state index in [-0.39, 0.29) is 23.7 Å². The molecular weight excluding hydrogens is 425 g/mol. The molecule has 0 saturated heterocycles. The van der Waals surface area contributed by atoms with Gasteiger partial charge in [-0.2, -0.15) is 0 Å². The lowest BCUT2D eigenvalue weighted by Gasteiger charge is -2.31. The van der Waals surface area contributed by atoms with Gasteiger partial charge in [-0.05, 0) is 72.8 Å². The van der Waals surface area contributed by atoms with E-state index >= 15 is 0 Å². The molecule has 0 bridgehead atoms. The Balaban J connectivity index is 1.92. The summed E-state index contributed by atoms with van der Waals surface area (Å²) >= 11 is 1.38. The highest BCUT2D eigenvalue weighted by atomic mass is 32.1. The molecule has 5 nitrogen and oxygen atoms in total. The second-order valence-electron chi connectivity index (χ2n) is 7.87. The van der Waals surface area contributed by atoms with Crippen LogP contribution in [0.2, 0.25) is 0 Å². The van der Waals surface area contributed by atoms with Gasteiger partial charge in [0.15, 0.2) is 0 Å². The first-order chi connectivity index (χ1) is 15.3. The van der Waals surface area contributed by atoms with E-state index in [9.17, 15) is 14.0 Å². The van der Waals surface area contributed by atoms with Crippen molar-refractivity contribution in [3.05, 3.63) is 81.8 Å². The molecule has 0 radical (unpaired) electrons. The van der Waals surface area contributed by atoms with E-state index in [1.807, 2.05) is 62.5 Å². The number of nitrogens with one attached hydrogen (secondary N) is 1. The van der Waals surface area contributed by atoms with Crippen LogP contribution in [-0.4, -0.2) is 36.9 Å². The molecule has 2 amide bonds. The maximum absolute atomic E-state index is 13.4. The molecule has 32 heavy (non-hydrogen) atoms. The average Bonchev–Trinajstić information content (AvgIpc) is 3.32. The number of hydrogen-bond donors (Lipinski definition) is 1. The second-order valence-corrected chi connectivity index (χ2v) is 8.81. The van der Waals surface area contributed by atoms with Crippen molar-refractivity contribution < 1.29 is 14.0 Å². The van der Waals surface area contributed by atoms with Gasteiger partial charge in [-0.1, -0.05) is 13.0 Å². The van der Waals surface area contributed by atoms with Gasteiger partial charge in [0.25, 0.3) is 11.8 Å². The molecule has 0 aliphatic heterocycles. The molecule has 0 spiro atoms. The Morgan fingerprint density at radius 1 is 1.09 bits per heavy atom. The molecule has 1 aromatic heterocycles. The fourth-order valence-corrected chi connectivity index (χ4v) is 4.04. The van der Waals surface area contributed by atoms with Gasteiger partial charge in [-0.15, -0.1) is 11.3 Å². The third-order valence-corrected chi connectivity index (χ3v) is 6.25. The quantitative estimate of drug-likeness (QED) is 0.480. The summed E-state index contributed by atoms with van der Waals surface area (Å²) < 4.78 is 13.4. The Kier molecular flexibility index (Phi) is 7.64. The van der Waals surface area contributed by atoms with Crippen LogP contribution in [0.15, 0.2) is 60.0 Å². The summed E-state index contributed by atoms with van der Waals surface area (Å²) in [6.07, 6.45) is 0.777. The topological polar surface area (TPSA) is 52.7 Å². The van der Waals surface area contributed by atoms with Crippen LogP contribution in [0.5, 0.6) is 0 Å². The third kappa shape index (κ3) is 5.53. The van der Waals surface area contributed by atoms with Crippen LogP contribution in [0.25, 0.3) is 0 Å². The molecule has 1 N–H and O–H groups in total. The first-order valence-electron chi connectivity index (χ1n) is 10.5. The number of amides is 2. The summed E-state index contributed by atoms with van der Waals surface area (Å²) in [6, 6.07) is 14.9. The van der Waals surface area contributed by atoms with Crippen LogP contribution in [0.4, 0.5) is 15.8 Å². The van der Waals surface area contributed by atoms with Crippen LogP contribution in [-0.2, 0) is 6.54 Å². The Morgan fingerprint density at radius 3 is 2.41 bits per heavy atom. The summed E-state index contributed by atoms with van der Waals surface area (Å²) in [6.45, 7) is 4.39. The van der Waals surface area contributed by atoms with Gasteiger partial charge in [-0.25, -0.2) is 4.39 Å². The predicted octanol–water partition coefficient (Wildman–Crippen LogP) is 5.65. The highest BCUT2D eigenvalue weighted by molar-refractivity contribution is 7.12. The zero-order valence-corrected chi connectivity index (χ0v) is 19.6. The number of anilines is 2. The number of nitrogens with zero attached hydrogens (tertiary/aromatic N) is 2. The molecule has 1 atom stereocenters. The van der Waals surface area contributed by atoms with Crippen LogP contribution in [0, 0.1) is 5.82 Å². The second kappa shape index (κ2) is 10.4. The molecule has 168 valence electrons. The molecule has 2 aromatic carbocycles. The monoisotopic (exact) mass is 453 g/mol. The normalized spacial score (nSPS) is 11.7. The molecule has 0 saturated carbocycles. The molecule has 1 heterocycles. The van der Waals surface area contributed by atoms with Crippen LogP contribution in [0.3, 0.4) is 0 Å². The molecule has 1 unspecified atom stereocenters. The molecule has 3 rings (SSSR count). The number of halogens is 1. The lowest BCUT2D eigenvalue weighted by molar-refractivity contribution is 0.0671. The average molecular weight is 454 g/mol.